The number of hydrogen-bond donors (Lipinski definition) is 0. The lowest BCUT2D eigenvalue weighted by Gasteiger charge is -2.32. The Morgan fingerprint density at radius 2 is 1.75 bits per heavy atom. The summed E-state index contributed by atoms with van der Waals surface area (Å²) in [5.41, 5.74) is 2.47. The first-order chi connectivity index (χ1) is 13.2. The van der Waals surface area contributed by atoms with Crippen molar-refractivity contribution in [1.29, 1.82) is 0 Å². The van der Waals surface area contributed by atoms with E-state index in [9.17, 15) is 0 Å². The van der Waals surface area contributed by atoms with Gasteiger partial charge in [-0.1, -0.05) is 25.0 Å². The van der Waals surface area contributed by atoms with Crippen molar-refractivity contribution in [2.75, 3.05) is 0 Å². The fourth-order valence-corrected chi connectivity index (χ4v) is 4.06. The Morgan fingerprint density at radius 1 is 1.11 bits per heavy atom. The Bertz CT molecular complexity index is 855. The van der Waals surface area contributed by atoms with Gasteiger partial charge in [-0.3, -0.25) is 4.68 Å². The molecule has 28 heavy (non-hydrogen) atoms. The van der Waals surface area contributed by atoms with Gasteiger partial charge in [0.2, 0.25) is 0 Å². The second-order valence-corrected chi connectivity index (χ2v) is 9.09. The van der Waals surface area contributed by atoms with E-state index >= 15 is 4.39 Å². The zero-order valence-corrected chi connectivity index (χ0v) is 17.5. The standard InChI is InChI=1S/C22H29BFN2O2/c1-21(2)22(3,4)28-23(27-21)18-11-10-16(13-19(18)24)17-14-25-26(5)20(17)12-15-8-6-7-9-15/h10-11,13-14H,6-9,12H2,1-5H3. The Balaban J connectivity index is 1.61. The minimum absolute atomic E-state index is 0.306. The topological polar surface area (TPSA) is 36.3 Å². The van der Waals surface area contributed by atoms with Gasteiger partial charge in [0.1, 0.15) is 5.82 Å². The minimum atomic E-state index is -0.693. The van der Waals surface area contributed by atoms with E-state index < -0.39 is 18.3 Å². The second-order valence-electron chi connectivity index (χ2n) is 9.09. The summed E-state index contributed by atoms with van der Waals surface area (Å²) in [6.07, 6.45) is 7.71. The first-order valence-corrected chi connectivity index (χ1v) is 10.2. The summed E-state index contributed by atoms with van der Waals surface area (Å²) in [4.78, 5) is 0. The van der Waals surface area contributed by atoms with Crippen molar-refractivity contribution in [3.63, 3.8) is 0 Å². The van der Waals surface area contributed by atoms with Gasteiger partial charge < -0.3 is 9.31 Å². The van der Waals surface area contributed by atoms with E-state index in [1.807, 2.05) is 51.7 Å². The number of hydrogen-bond acceptors (Lipinski definition) is 3. The highest BCUT2D eigenvalue weighted by Crippen LogP contribution is 2.37. The van der Waals surface area contributed by atoms with Crippen molar-refractivity contribution in [1.82, 2.24) is 9.78 Å². The first-order valence-electron chi connectivity index (χ1n) is 10.2. The van der Waals surface area contributed by atoms with Crippen molar-refractivity contribution in [2.24, 2.45) is 7.05 Å². The Hall–Kier alpha value is -1.66. The van der Waals surface area contributed by atoms with Gasteiger partial charge in [-0.15, -0.1) is 0 Å². The third kappa shape index (κ3) is 3.41. The lowest BCUT2D eigenvalue weighted by molar-refractivity contribution is 0.00578. The van der Waals surface area contributed by atoms with E-state index in [2.05, 4.69) is 5.10 Å². The molecule has 0 amide bonds. The molecule has 149 valence electrons. The fraction of sp³-hybridized carbons (Fsp3) is 0.545. The van der Waals surface area contributed by atoms with Gasteiger partial charge in [0.15, 0.2) is 0 Å². The van der Waals surface area contributed by atoms with Crippen molar-refractivity contribution < 1.29 is 13.7 Å². The van der Waals surface area contributed by atoms with Crippen LogP contribution in [0, 0.1) is 11.7 Å². The largest absolute Gasteiger partial charge is 0.497 e. The van der Waals surface area contributed by atoms with E-state index in [1.54, 1.807) is 18.1 Å². The molecule has 0 atom stereocenters. The van der Waals surface area contributed by atoms with Crippen LogP contribution >= 0.6 is 0 Å². The highest BCUT2D eigenvalue weighted by Gasteiger charge is 2.52. The molecule has 2 heterocycles. The summed E-state index contributed by atoms with van der Waals surface area (Å²) < 4.78 is 29.0. The molecule has 2 aliphatic rings. The van der Waals surface area contributed by atoms with Crippen molar-refractivity contribution >= 4 is 12.6 Å². The number of nitrogens with zero attached hydrogens (tertiary/aromatic N) is 2. The summed E-state index contributed by atoms with van der Waals surface area (Å²) in [6, 6.07) is 5.32. The molecular weight excluding hydrogens is 354 g/mol. The maximum Gasteiger partial charge on any atom is 0.497 e. The molecule has 1 radical (unpaired) electrons. The zero-order chi connectivity index (χ0) is 20.1. The summed E-state index contributed by atoms with van der Waals surface area (Å²) in [5.74, 6) is 1.26. The Labute approximate surface area is 167 Å². The Kier molecular flexibility index (Phi) is 4.91. The molecule has 4 rings (SSSR count). The predicted octanol–water partition coefficient (Wildman–Crippen LogP) is 4.22. The highest BCUT2D eigenvalue weighted by molar-refractivity contribution is 6.62. The van der Waals surface area contributed by atoms with Gasteiger partial charge in [0, 0.05) is 23.8 Å². The van der Waals surface area contributed by atoms with Crippen LogP contribution in [-0.4, -0.2) is 28.1 Å². The van der Waals surface area contributed by atoms with Gasteiger partial charge in [-0.2, -0.15) is 5.10 Å². The van der Waals surface area contributed by atoms with Gasteiger partial charge >= 0.3 is 7.12 Å². The number of rotatable bonds is 4. The summed E-state index contributed by atoms with van der Waals surface area (Å²) in [5, 5.41) is 4.43. The number of aryl methyl sites for hydroxylation is 1. The summed E-state index contributed by atoms with van der Waals surface area (Å²) in [6.45, 7) is 7.90. The molecule has 2 aromatic rings. The maximum atomic E-state index is 15.0. The maximum absolute atomic E-state index is 15.0. The smallest absolute Gasteiger partial charge is 0.399 e. The number of halogens is 1. The van der Waals surface area contributed by atoms with Crippen LogP contribution in [0.1, 0.15) is 59.1 Å². The van der Waals surface area contributed by atoms with Gasteiger partial charge in [-0.05, 0) is 64.5 Å². The first kappa shape index (κ1) is 19.7. The molecule has 6 heteroatoms. The molecule has 1 saturated heterocycles. The quantitative estimate of drug-likeness (QED) is 0.742. The third-order valence-corrected chi connectivity index (χ3v) is 6.61. The third-order valence-electron chi connectivity index (χ3n) is 6.61. The summed E-state index contributed by atoms with van der Waals surface area (Å²) in [7, 11) is 1.27. The van der Waals surface area contributed by atoms with Crippen LogP contribution in [0.2, 0.25) is 0 Å². The van der Waals surface area contributed by atoms with Crippen molar-refractivity contribution in [3.8, 4) is 11.1 Å². The van der Waals surface area contributed by atoms with Gasteiger partial charge in [-0.25, -0.2) is 4.39 Å². The molecule has 1 saturated carbocycles. The van der Waals surface area contributed by atoms with Crippen LogP contribution in [0.15, 0.2) is 24.4 Å². The monoisotopic (exact) mass is 383 g/mol. The molecule has 0 bridgehead atoms. The Morgan fingerprint density at radius 3 is 2.36 bits per heavy atom. The van der Waals surface area contributed by atoms with E-state index in [-0.39, 0.29) is 5.82 Å². The molecule has 0 spiro atoms. The normalized spacial score (nSPS) is 21.6. The molecule has 4 nitrogen and oxygen atoms in total. The molecular formula is C22H29BFN2O2. The second kappa shape index (κ2) is 6.99. The van der Waals surface area contributed by atoms with Crippen LogP contribution in [0.3, 0.4) is 0 Å². The van der Waals surface area contributed by atoms with E-state index in [4.69, 9.17) is 9.31 Å². The molecule has 1 aliphatic heterocycles. The van der Waals surface area contributed by atoms with Crippen LogP contribution in [0.5, 0.6) is 0 Å². The van der Waals surface area contributed by atoms with Gasteiger partial charge in [0.05, 0.1) is 17.4 Å². The SMILES string of the molecule is Cn1ncc(-c2ccc(B3OC(C)(C)C(C)(C)O3)c(F)c2)c1C[C]1CCCC1. The number of aromatic nitrogens is 2. The van der Waals surface area contributed by atoms with E-state index in [1.165, 1.54) is 25.7 Å². The van der Waals surface area contributed by atoms with Crippen LogP contribution in [-0.2, 0) is 22.8 Å². The average molecular weight is 383 g/mol. The van der Waals surface area contributed by atoms with E-state index in [0.29, 0.717) is 5.46 Å². The summed E-state index contributed by atoms with van der Waals surface area (Å²) >= 11 is 0. The average Bonchev–Trinajstić information content (AvgIpc) is 3.29. The van der Waals surface area contributed by atoms with Gasteiger partial charge in [0.25, 0.3) is 0 Å². The molecule has 1 aromatic heterocycles. The lowest BCUT2D eigenvalue weighted by atomic mass is 9.78. The minimum Gasteiger partial charge on any atom is -0.399 e. The fourth-order valence-electron chi connectivity index (χ4n) is 4.06. The molecule has 0 N–H and O–H groups in total. The lowest BCUT2D eigenvalue weighted by Crippen LogP contribution is -2.41. The molecule has 0 unspecified atom stereocenters. The van der Waals surface area contributed by atoms with Crippen LogP contribution in [0.25, 0.3) is 11.1 Å². The highest BCUT2D eigenvalue weighted by atomic mass is 19.1. The van der Waals surface area contributed by atoms with Crippen LogP contribution < -0.4 is 5.46 Å². The zero-order valence-electron chi connectivity index (χ0n) is 17.5. The van der Waals surface area contributed by atoms with Crippen molar-refractivity contribution in [2.45, 2.75) is 71.0 Å². The molecule has 1 aromatic carbocycles. The van der Waals surface area contributed by atoms with Crippen LogP contribution in [0.4, 0.5) is 4.39 Å². The number of benzene rings is 1. The molecule has 2 fully saturated rings. The predicted molar refractivity (Wildman–Crippen MR) is 110 cm³/mol. The van der Waals surface area contributed by atoms with Crippen molar-refractivity contribution in [3.05, 3.63) is 41.8 Å². The molecule has 1 aliphatic carbocycles. The van der Waals surface area contributed by atoms with E-state index in [0.717, 1.165) is 23.2 Å².